The zero-order valence-corrected chi connectivity index (χ0v) is 11.4. The van der Waals surface area contributed by atoms with Gasteiger partial charge in [0, 0.05) is 32.2 Å². The van der Waals surface area contributed by atoms with Crippen LogP contribution in [-0.2, 0) is 6.54 Å². The number of ether oxygens (including phenoxy) is 3. The lowest BCUT2D eigenvalue weighted by molar-refractivity contribution is 0.171. The Morgan fingerprint density at radius 1 is 1.42 bits per heavy atom. The average Bonchev–Trinajstić information content (AvgIpc) is 2.86. The summed E-state index contributed by atoms with van der Waals surface area (Å²) in [5, 5.41) is 3.45. The number of piperazine rings is 1. The number of methoxy groups -OCH3 is 1. The highest BCUT2D eigenvalue weighted by Crippen LogP contribution is 2.42. The lowest BCUT2D eigenvalue weighted by atomic mass is 10.1. The lowest BCUT2D eigenvalue weighted by Crippen LogP contribution is -2.48. The standard InChI is InChI=1S/C14H20N2O3/c1-10-7-16(4-3-15-10)8-11-5-12(17-2)14-13(6-11)18-9-19-14/h5-6,10,15H,3-4,7-9H2,1-2H3/t10-/m1/s1. The van der Waals surface area contributed by atoms with E-state index in [0.717, 1.165) is 43.4 Å². The molecule has 104 valence electrons. The van der Waals surface area contributed by atoms with E-state index < -0.39 is 0 Å². The number of hydrogen-bond donors (Lipinski definition) is 1. The molecule has 0 unspecified atom stereocenters. The number of nitrogens with zero attached hydrogens (tertiary/aromatic N) is 1. The van der Waals surface area contributed by atoms with Crippen LogP contribution in [0.15, 0.2) is 12.1 Å². The fourth-order valence-electron chi connectivity index (χ4n) is 2.69. The van der Waals surface area contributed by atoms with E-state index in [9.17, 15) is 0 Å². The quantitative estimate of drug-likeness (QED) is 0.889. The van der Waals surface area contributed by atoms with E-state index in [0.29, 0.717) is 6.04 Å². The van der Waals surface area contributed by atoms with E-state index in [1.807, 2.05) is 6.07 Å². The second-order valence-electron chi connectivity index (χ2n) is 5.12. The van der Waals surface area contributed by atoms with Gasteiger partial charge in [-0.1, -0.05) is 0 Å². The van der Waals surface area contributed by atoms with Crippen LogP contribution in [0.1, 0.15) is 12.5 Å². The number of nitrogens with one attached hydrogen (secondary N) is 1. The molecule has 5 nitrogen and oxygen atoms in total. The van der Waals surface area contributed by atoms with Gasteiger partial charge < -0.3 is 19.5 Å². The molecule has 0 aromatic heterocycles. The van der Waals surface area contributed by atoms with Crippen molar-refractivity contribution in [2.45, 2.75) is 19.5 Å². The van der Waals surface area contributed by atoms with Gasteiger partial charge in [-0.05, 0) is 24.6 Å². The Balaban J connectivity index is 1.77. The van der Waals surface area contributed by atoms with Crippen LogP contribution in [0.4, 0.5) is 0 Å². The van der Waals surface area contributed by atoms with Gasteiger partial charge in [-0.3, -0.25) is 4.90 Å². The van der Waals surface area contributed by atoms with Gasteiger partial charge >= 0.3 is 0 Å². The maximum atomic E-state index is 5.46. The first-order valence-corrected chi connectivity index (χ1v) is 6.68. The van der Waals surface area contributed by atoms with Crippen LogP contribution in [-0.4, -0.2) is 44.5 Å². The molecule has 3 rings (SSSR count). The first-order chi connectivity index (χ1) is 9.26. The van der Waals surface area contributed by atoms with E-state index in [1.165, 1.54) is 5.56 Å². The minimum absolute atomic E-state index is 0.278. The third kappa shape index (κ3) is 2.62. The van der Waals surface area contributed by atoms with Crippen molar-refractivity contribution in [1.82, 2.24) is 10.2 Å². The van der Waals surface area contributed by atoms with Crippen molar-refractivity contribution >= 4 is 0 Å². The summed E-state index contributed by atoms with van der Waals surface area (Å²) < 4.78 is 16.2. The zero-order chi connectivity index (χ0) is 13.2. The molecule has 2 aliphatic heterocycles. The van der Waals surface area contributed by atoms with Gasteiger partial charge in [-0.2, -0.15) is 0 Å². The summed E-state index contributed by atoms with van der Waals surface area (Å²) >= 11 is 0. The molecule has 0 saturated carbocycles. The van der Waals surface area contributed by atoms with E-state index in [1.54, 1.807) is 7.11 Å². The number of hydrogen-bond acceptors (Lipinski definition) is 5. The molecule has 1 N–H and O–H groups in total. The molecule has 2 aliphatic rings. The maximum absolute atomic E-state index is 5.46. The number of fused-ring (bicyclic) bond motifs is 1. The Labute approximate surface area is 113 Å². The van der Waals surface area contributed by atoms with Crippen molar-refractivity contribution in [1.29, 1.82) is 0 Å². The van der Waals surface area contributed by atoms with Gasteiger partial charge in [0.2, 0.25) is 12.5 Å². The highest BCUT2D eigenvalue weighted by molar-refractivity contribution is 5.55. The number of rotatable bonds is 3. The van der Waals surface area contributed by atoms with Crippen LogP contribution in [0.3, 0.4) is 0 Å². The summed E-state index contributed by atoms with van der Waals surface area (Å²) in [6.45, 7) is 6.59. The summed E-state index contributed by atoms with van der Waals surface area (Å²) in [7, 11) is 1.66. The Bertz CT molecular complexity index is 464. The molecule has 0 radical (unpaired) electrons. The SMILES string of the molecule is COc1cc(CN2CCN[C@H](C)C2)cc2c1OCO2. The van der Waals surface area contributed by atoms with Gasteiger partial charge in [0.1, 0.15) is 0 Å². The monoisotopic (exact) mass is 264 g/mol. The van der Waals surface area contributed by atoms with Crippen LogP contribution < -0.4 is 19.5 Å². The molecule has 1 saturated heterocycles. The topological polar surface area (TPSA) is 43.0 Å². The van der Waals surface area contributed by atoms with Crippen molar-refractivity contribution in [2.24, 2.45) is 0 Å². The third-order valence-electron chi connectivity index (χ3n) is 3.58. The number of benzene rings is 1. The predicted octanol–water partition coefficient (Wildman–Crippen LogP) is 1.22. The zero-order valence-electron chi connectivity index (χ0n) is 11.4. The third-order valence-corrected chi connectivity index (χ3v) is 3.58. The Kier molecular flexibility index (Phi) is 3.48. The van der Waals surface area contributed by atoms with E-state index in [2.05, 4.69) is 23.2 Å². The molecule has 1 aromatic carbocycles. The molecule has 1 atom stereocenters. The van der Waals surface area contributed by atoms with Crippen molar-refractivity contribution < 1.29 is 14.2 Å². The molecule has 0 bridgehead atoms. The molecular formula is C14H20N2O3. The van der Waals surface area contributed by atoms with E-state index >= 15 is 0 Å². The van der Waals surface area contributed by atoms with Gasteiger partial charge in [-0.15, -0.1) is 0 Å². The molecular weight excluding hydrogens is 244 g/mol. The Morgan fingerprint density at radius 2 is 2.32 bits per heavy atom. The fraction of sp³-hybridized carbons (Fsp3) is 0.571. The van der Waals surface area contributed by atoms with Crippen molar-refractivity contribution in [2.75, 3.05) is 33.5 Å². The largest absolute Gasteiger partial charge is 0.493 e. The van der Waals surface area contributed by atoms with Gasteiger partial charge in [0.05, 0.1) is 7.11 Å². The first kappa shape index (κ1) is 12.6. The second kappa shape index (κ2) is 5.27. The molecule has 0 amide bonds. The molecule has 0 spiro atoms. The van der Waals surface area contributed by atoms with Crippen LogP contribution in [0, 0.1) is 0 Å². The van der Waals surface area contributed by atoms with Crippen LogP contribution in [0.2, 0.25) is 0 Å². The smallest absolute Gasteiger partial charge is 0.231 e. The van der Waals surface area contributed by atoms with Crippen molar-refractivity contribution in [3.63, 3.8) is 0 Å². The maximum Gasteiger partial charge on any atom is 0.231 e. The van der Waals surface area contributed by atoms with Gasteiger partial charge in [0.25, 0.3) is 0 Å². The average molecular weight is 264 g/mol. The molecule has 0 aliphatic carbocycles. The first-order valence-electron chi connectivity index (χ1n) is 6.68. The summed E-state index contributed by atoms with van der Waals surface area (Å²) in [6, 6.07) is 4.64. The minimum Gasteiger partial charge on any atom is -0.493 e. The fourth-order valence-corrected chi connectivity index (χ4v) is 2.69. The van der Waals surface area contributed by atoms with Crippen LogP contribution in [0.25, 0.3) is 0 Å². The summed E-state index contributed by atoms with van der Waals surface area (Å²) in [5.41, 5.74) is 1.20. The molecule has 2 heterocycles. The van der Waals surface area contributed by atoms with Gasteiger partial charge in [-0.25, -0.2) is 0 Å². The van der Waals surface area contributed by atoms with Crippen LogP contribution >= 0.6 is 0 Å². The van der Waals surface area contributed by atoms with Gasteiger partial charge in [0.15, 0.2) is 11.5 Å². The van der Waals surface area contributed by atoms with Crippen molar-refractivity contribution in [3.05, 3.63) is 17.7 Å². The summed E-state index contributed by atoms with van der Waals surface area (Å²) in [6.07, 6.45) is 0. The Hall–Kier alpha value is -1.46. The molecule has 1 fully saturated rings. The normalized spacial score (nSPS) is 22.5. The van der Waals surface area contributed by atoms with E-state index in [-0.39, 0.29) is 6.79 Å². The Morgan fingerprint density at radius 3 is 3.11 bits per heavy atom. The minimum atomic E-state index is 0.278. The lowest BCUT2D eigenvalue weighted by Gasteiger charge is -2.31. The highest BCUT2D eigenvalue weighted by Gasteiger charge is 2.22. The van der Waals surface area contributed by atoms with Crippen LogP contribution in [0.5, 0.6) is 17.2 Å². The summed E-state index contributed by atoms with van der Waals surface area (Å²) in [4.78, 5) is 2.44. The molecule has 1 aromatic rings. The predicted molar refractivity (Wildman–Crippen MR) is 71.9 cm³/mol. The van der Waals surface area contributed by atoms with E-state index in [4.69, 9.17) is 14.2 Å². The highest BCUT2D eigenvalue weighted by atomic mass is 16.7. The van der Waals surface area contributed by atoms with Crippen molar-refractivity contribution in [3.8, 4) is 17.2 Å². The molecule has 19 heavy (non-hydrogen) atoms. The second-order valence-corrected chi connectivity index (χ2v) is 5.12. The summed E-state index contributed by atoms with van der Waals surface area (Å²) in [5.74, 6) is 2.27. The molecule has 5 heteroatoms.